The van der Waals surface area contributed by atoms with Gasteiger partial charge in [0.2, 0.25) is 0 Å². The summed E-state index contributed by atoms with van der Waals surface area (Å²) in [6.45, 7) is 8.78. The van der Waals surface area contributed by atoms with Crippen LogP contribution in [0.1, 0.15) is 154 Å². The number of nitrogens with two attached hydrogens (primary N) is 1. The van der Waals surface area contributed by atoms with Crippen LogP contribution < -0.4 is 21.3 Å². The van der Waals surface area contributed by atoms with Gasteiger partial charge in [0.15, 0.2) is 17.0 Å². The minimum Gasteiger partial charge on any atom is -0.479 e. The Morgan fingerprint density at radius 2 is 0.972 bits per heavy atom. The maximum Gasteiger partial charge on any atom is 0.416 e. The highest BCUT2D eigenvalue weighted by Gasteiger charge is 2.57. The molecule has 15 rings (SSSR count). The molecule has 3 saturated carbocycles. The number of ketones is 1. The molecule has 108 heavy (non-hydrogen) atoms. The predicted molar refractivity (Wildman–Crippen MR) is 382 cm³/mol. The number of rotatable bonds is 16. The number of halogens is 11. The molecule has 15 nitrogen and oxygen atoms in total. The van der Waals surface area contributed by atoms with Gasteiger partial charge in [0.25, 0.3) is 5.91 Å². The van der Waals surface area contributed by atoms with Crippen LogP contribution in [0, 0.1) is 46.8 Å². The van der Waals surface area contributed by atoms with Crippen LogP contribution in [0.3, 0.4) is 0 Å². The average Bonchev–Trinajstić information content (AvgIpc) is 1.61. The number of amides is 1. The summed E-state index contributed by atoms with van der Waals surface area (Å²) >= 11 is 0. The van der Waals surface area contributed by atoms with Crippen molar-refractivity contribution >= 4 is 29.3 Å². The van der Waals surface area contributed by atoms with Crippen molar-refractivity contribution in [3.05, 3.63) is 208 Å². The molecule has 5 atom stereocenters. The molecule has 9 fully saturated rings. The molecule has 6 aliphatic heterocycles. The number of carbonyl (C=O) groups excluding carboxylic acids is 3. The Kier molecular flexibility index (Phi) is 27.3. The van der Waals surface area contributed by atoms with Gasteiger partial charge in [-0.15, -0.1) is 0 Å². The van der Waals surface area contributed by atoms with Crippen LogP contribution >= 0.6 is 0 Å². The van der Waals surface area contributed by atoms with Crippen LogP contribution in [0.4, 0.5) is 54.0 Å². The first kappa shape index (κ1) is 81.1. The minimum absolute atomic E-state index is 0.0386. The van der Waals surface area contributed by atoms with Gasteiger partial charge in [-0.1, -0.05) is 54.6 Å². The van der Waals surface area contributed by atoms with Gasteiger partial charge in [0, 0.05) is 63.5 Å². The molecular weight excluding hydrogens is 1420 g/mol. The molecule has 6 aromatic carbocycles. The van der Waals surface area contributed by atoms with Crippen LogP contribution in [0.2, 0.25) is 0 Å². The number of likely N-dealkylation sites (tertiary alicyclic amines) is 2. The summed E-state index contributed by atoms with van der Waals surface area (Å²) in [7, 11) is 0. The monoisotopic (exact) mass is 1520 g/mol. The second kappa shape index (κ2) is 36.3. The Labute approximate surface area is 622 Å². The van der Waals surface area contributed by atoms with E-state index in [2.05, 4.69) is 25.3 Å². The van der Waals surface area contributed by atoms with E-state index >= 15 is 0 Å². The number of hydrogen-bond donors (Lipinski definition) is 4. The van der Waals surface area contributed by atoms with Gasteiger partial charge in [0.05, 0.1) is 24.3 Å². The lowest BCUT2D eigenvalue weighted by Crippen LogP contribution is -2.57. The van der Waals surface area contributed by atoms with Crippen molar-refractivity contribution in [2.24, 2.45) is 23.5 Å². The quantitative estimate of drug-likeness (QED) is 0.0530. The maximum atomic E-state index is 13.8. The zero-order chi connectivity index (χ0) is 76.8. The molecule has 0 bridgehead atoms. The normalized spacial score (nSPS) is 24.6. The van der Waals surface area contributed by atoms with Gasteiger partial charge in [-0.05, 0) is 265 Å². The van der Waals surface area contributed by atoms with Crippen LogP contribution in [0.5, 0.6) is 0 Å². The lowest BCUT2D eigenvalue weighted by atomic mass is 9.84. The molecule has 0 spiro atoms. The summed E-state index contributed by atoms with van der Waals surface area (Å²) in [6.07, 6.45) is 4.34. The molecule has 5 N–H and O–H groups in total. The van der Waals surface area contributed by atoms with Gasteiger partial charge < -0.3 is 45.3 Å². The molecule has 1 amide bonds. The first-order valence-electron chi connectivity index (χ1n) is 37.5. The fourth-order valence-corrected chi connectivity index (χ4v) is 15.7. The van der Waals surface area contributed by atoms with Crippen molar-refractivity contribution in [3.8, 4) is 0 Å². The van der Waals surface area contributed by atoms with Gasteiger partial charge in [-0.25, -0.2) is 31.5 Å². The number of alkyl halides is 6. The molecule has 6 saturated heterocycles. The van der Waals surface area contributed by atoms with E-state index in [1.165, 1.54) is 29.8 Å². The number of hydrogen-bond acceptors (Lipinski definition) is 13. The van der Waals surface area contributed by atoms with Crippen molar-refractivity contribution < 1.29 is 91.5 Å². The van der Waals surface area contributed by atoms with E-state index in [9.17, 15) is 72.6 Å². The number of carboxylic acids is 1. The number of esters is 1. The van der Waals surface area contributed by atoms with E-state index in [1.807, 2.05) is 66.7 Å². The SMILES string of the molecule is Fc1ccc(N2CCNCC2)cc1.NCc1cc(F)cc(C(F)(F)F)c1.O=C(NCc1cc(F)cc(C(F)(F)F)c1)[C@@]1(C2CC2)CC[C@@H](N2CCC(c3ccc(F)cc3)CC2)CO1.O=C(O)[C@@]1(C2CC2)CC[C@@H](N2CCC(c3ccc(F)cc3)CC2)CO1.O=C1CC[C@@](C(=O)OCc2ccccc2)(C2CC2)OC1. The Morgan fingerprint density at radius 3 is 1.41 bits per heavy atom. The standard InChI is InChI=1S/C28H31F5N2O2.C20H26FNO3.C16H18O4.C10H13FN2.C8H7F4N/c29-23-5-1-19(2-6-23)20-8-11-35(12-9-20)25-7-10-27(37-17-25,21-3-4-21)26(36)34-16-18-13-22(28(31,32)33)15-24(30)14-18;21-17-5-1-14(2-6-17)15-8-11-22(12-9-15)18-7-10-20(19(23)24,25-13-18)16-3-4-16;17-14-8-9-16(20-11-14,13-6-7-13)15(18)19-10-12-4-2-1-3-5-12;11-9-1-3-10(4-2-9)13-7-5-12-6-8-13;9-7-2-5(4-13)1-6(3-7)8(10,11)12/h1-2,5-6,13-15,20-21,25H,3-4,7-12,16-17H2,(H,34,36);1-2,5-6,15-16,18H,3-4,7-13H2,(H,23,24);1-5,13H,6-11H2;1-4,12H,5-8H2;1-3H,4,13H2/t25-,27+;18-,20+;16-;;/m110../s1. The second-order valence-corrected chi connectivity index (χ2v) is 29.7. The van der Waals surface area contributed by atoms with E-state index in [1.54, 1.807) is 12.1 Å². The number of benzene rings is 6. The number of piperidine rings is 2. The first-order chi connectivity index (χ1) is 51.7. The zero-order valence-corrected chi connectivity index (χ0v) is 60.3. The molecule has 9 aliphatic rings. The summed E-state index contributed by atoms with van der Waals surface area (Å²) in [5.41, 5.74) is 4.89. The predicted octanol–water partition coefficient (Wildman–Crippen LogP) is 15.0. The van der Waals surface area contributed by atoms with Crippen LogP contribution in [-0.4, -0.2) is 140 Å². The van der Waals surface area contributed by atoms with E-state index in [4.69, 9.17) is 24.7 Å². The minimum atomic E-state index is -4.66. The van der Waals surface area contributed by atoms with Crippen molar-refractivity contribution in [3.63, 3.8) is 0 Å². The lowest BCUT2D eigenvalue weighted by Gasteiger charge is -2.45. The van der Waals surface area contributed by atoms with Gasteiger partial charge in [0.1, 0.15) is 47.9 Å². The first-order valence-corrected chi connectivity index (χ1v) is 37.5. The van der Waals surface area contributed by atoms with Gasteiger partial charge in [-0.3, -0.25) is 19.4 Å². The number of piperazine rings is 1. The number of nitrogens with one attached hydrogen (secondary N) is 2. The second-order valence-electron chi connectivity index (χ2n) is 29.7. The van der Waals surface area contributed by atoms with Crippen molar-refractivity contribution in [1.29, 1.82) is 0 Å². The number of nitrogens with zero attached hydrogens (tertiary/aromatic N) is 3. The highest BCUT2D eigenvalue weighted by atomic mass is 19.4. The number of carbonyl (C=O) groups is 4. The van der Waals surface area contributed by atoms with Crippen molar-refractivity contribution in [1.82, 2.24) is 20.4 Å². The largest absolute Gasteiger partial charge is 0.479 e. The Morgan fingerprint density at radius 1 is 0.519 bits per heavy atom. The average molecular weight is 1520 g/mol. The third-order valence-corrected chi connectivity index (χ3v) is 22.4. The smallest absolute Gasteiger partial charge is 0.416 e. The molecule has 6 aromatic rings. The molecule has 0 unspecified atom stereocenters. The number of carboxylic acid groups (broad SMARTS) is 1. The van der Waals surface area contributed by atoms with Crippen molar-refractivity contribution in [2.45, 2.75) is 176 Å². The zero-order valence-electron chi connectivity index (χ0n) is 60.3. The highest BCUT2D eigenvalue weighted by molar-refractivity contribution is 5.87. The topological polar surface area (TPSA) is 185 Å². The fourth-order valence-electron chi connectivity index (χ4n) is 15.7. The van der Waals surface area contributed by atoms with Crippen LogP contribution in [0.25, 0.3) is 0 Å². The van der Waals surface area contributed by atoms with Crippen LogP contribution in [0.15, 0.2) is 140 Å². The highest BCUT2D eigenvalue weighted by Crippen LogP contribution is 2.50. The Balaban J connectivity index is 0.000000142. The summed E-state index contributed by atoms with van der Waals surface area (Å²) in [5, 5.41) is 15.6. The third kappa shape index (κ3) is 21.6. The number of aliphatic carboxylic acids is 1. The Bertz CT molecular complexity index is 3910. The number of ether oxygens (including phenoxy) is 4. The Hall–Kier alpha value is -7.85. The number of Topliss-reactive ketones (excluding diaryl/α,β-unsaturated/α-hetero) is 1. The van der Waals surface area contributed by atoms with E-state index in [0.717, 1.165) is 170 Å². The summed E-state index contributed by atoms with van der Waals surface area (Å²) in [6, 6.07) is 35.0. The summed E-state index contributed by atoms with van der Waals surface area (Å²) in [5.74, 6) is -2.42. The number of anilines is 1. The molecule has 3 aliphatic carbocycles. The molecule has 0 aromatic heterocycles. The van der Waals surface area contributed by atoms with Gasteiger partial charge >= 0.3 is 24.3 Å². The molecule has 0 radical (unpaired) electrons. The molecule has 584 valence electrons. The molecule has 6 heterocycles. The summed E-state index contributed by atoms with van der Waals surface area (Å²) in [4.78, 5) is 55.8. The van der Waals surface area contributed by atoms with Crippen LogP contribution in [-0.2, 0) is 70.2 Å². The third-order valence-electron chi connectivity index (χ3n) is 22.4. The summed E-state index contributed by atoms with van der Waals surface area (Å²) < 4.78 is 164. The van der Waals surface area contributed by atoms with E-state index in [-0.39, 0.29) is 96.3 Å². The maximum absolute atomic E-state index is 13.8. The lowest BCUT2D eigenvalue weighted by molar-refractivity contribution is -0.185. The van der Waals surface area contributed by atoms with Crippen molar-refractivity contribution in [2.75, 3.05) is 77.1 Å². The fraction of sp³-hybridized carbons (Fsp3) is 0.512. The molecule has 26 heteroatoms. The van der Waals surface area contributed by atoms with E-state index in [0.29, 0.717) is 68.9 Å². The molecular formula is C82H95F11N6O9. The van der Waals surface area contributed by atoms with Gasteiger partial charge in [-0.2, -0.15) is 26.3 Å². The van der Waals surface area contributed by atoms with E-state index < -0.39 is 57.9 Å².